The van der Waals surface area contributed by atoms with Crippen LogP contribution in [0.1, 0.15) is 59.3 Å². The molecule has 1 saturated heterocycles. The standard InChI is InChI=1S/C15H28N2O3/c1-4-11(3)13(14(18)19)16-15(20)17-10-8-6-7-9-12(17)5-2/h11-13H,4-10H2,1-3H3,(H,16,20)(H,18,19). The topological polar surface area (TPSA) is 69.6 Å². The van der Waals surface area contributed by atoms with Crippen LogP contribution in [-0.4, -0.2) is 40.6 Å². The molecular formula is C15H28N2O3. The third-order valence-corrected chi connectivity index (χ3v) is 4.37. The number of likely N-dealkylation sites (tertiary alicyclic amines) is 1. The van der Waals surface area contributed by atoms with E-state index in [1.807, 2.05) is 18.7 Å². The molecule has 0 saturated carbocycles. The summed E-state index contributed by atoms with van der Waals surface area (Å²) in [6, 6.07) is -0.774. The summed E-state index contributed by atoms with van der Waals surface area (Å²) in [5.41, 5.74) is 0. The monoisotopic (exact) mass is 284 g/mol. The van der Waals surface area contributed by atoms with Gasteiger partial charge < -0.3 is 15.3 Å². The van der Waals surface area contributed by atoms with Crippen molar-refractivity contribution in [1.29, 1.82) is 0 Å². The Bertz CT molecular complexity index is 333. The van der Waals surface area contributed by atoms with E-state index in [0.29, 0.717) is 0 Å². The van der Waals surface area contributed by atoms with Gasteiger partial charge in [0.05, 0.1) is 0 Å². The van der Waals surface area contributed by atoms with Crippen LogP contribution in [0, 0.1) is 5.92 Å². The summed E-state index contributed by atoms with van der Waals surface area (Å²) < 4.78 is 0. The Balaban J connectivity index is 2.72. The normalized spacial score (nSPS) is 22.8. The molecule has 2 amide bonds. The lowest BCUT2D eigenvalue weighted by Gasteiger charge is -2.31. The first-order valence-electron chi connectivity index (χ1n) is 7.81. The van der Waals surface area contributed by atoms with Gasteiger partial charge in [0.25, 0.3) is 0 Å². The number of amides is 2. The highest BCUT2D eigenvalue weighted by molar-refractivity contribution is 5.83. The highest BCUT2D eigenvalue weighted by Gasteiger charge is 2.30. The van der Waals surface area contributed by atoms with Crippen LogP contribution in [0.4, 0.5) is 4.79 Å². The fourth-order valence-electron chi connectivity index (χ4n) is 2.77. The van der Waals surface area contributed by atoms with E-state index in [1.165, 1.54) is 0 Å². The van der Waals surface area contributed by atoms with Gasteiger partial charge in [0, 0.05) is 12.6 Å². The summed E-state index contributed by atoms with van der Waals surface area (Å²) in [4.78, 5) is 25.5. The van der Waals surface area contributed by atoms with E-state index >= 15 is 0 Å². The molecule has 0 bridgehead atoms. The van der Waals surface area contributed by atoms with E-state index in [0.717, 1.165) is 45.1 Å². The van der Waals surface area contributed by atoms with E-state index in [9.17, 15) is 14.7 Å². The predicted molar refractivity (Wildman–Crippen MR) is 78.7 cm³/mol. The van der Waals surface area contributed by atoms with Gasteiger partial charge >= 0.3 is 12.0 Å². The molecule has 0 aromatic rings. The number of nitrogens with one attached hydrogen (secondary N) is 1. The summed E-state index contributed by atoms with van der Waals surface area (Å²) in [6.45, 7) is 6.61. The Kier molecular flexibility index (Phi) is 6.82. The van der Waals surface area contributed by atoms with Gasteiger partial charge in [-0.15, -0.1) is 0 Å². The lowest BCUT2D eigenvalue weighted by atomic mass is 9.99. The summed E-state index contributed by atoms with van der Waals surface area (Å²) >= 11 is 0. The summed E-state index contributed by atoms with van der Waals surface area (Å²) in [5, 5.41) is 12.0. The number of carbonyl (C=O) groups is 2. The Labute approximate surface area is 121 Å². The molecule has 0 aromatic heterocycles. The van der Waals surface area contributed by atoms with Crippen molar-refractivity contribution in [3.05, 3.63) is 0 Å². The number of hydrogen-bond acceptors (Lipinski definition) is 2. The van der Waals surface area contributed by atoms with Crippen LogP contribution in [0.2, 0.25) is 0 Å². The van der Waals surface area contributed by atoms with Crippen LogP contribution in [0.25, 0.3) is 0 Å². The SMILES string of the molecule is CCC(C)C(NC(=O)N1CCCCCC1CC)C(=O)O. The molecule has 2 N–H and O–H groups in total. The lowest BCUT2D eigenvalue weighted by Crippen LogP contribution is -2.53. The number of urea groups is 1. The van der Waals surface area contributed by atoms with E-state index < -0.39 is 12.0 Å². The van der Waals surface area contributed by atoms with Crippen molar-refractivity contribution in [2.24, 2.45) is 5.92 Å². The highest BCUT2D eigenvalue weighted by Crippen LogP contribution is 2.19. The van der Waals surface area contributed by atoms with Crippen molar-refractivity contribution in [2.75, 3.05) is 6.54 Å². The zero-order valence-corrected chi connectivity index (χ0v) is 12.9. The second-order valence-electron chi connectivity index (χ2n) is 5.76. The number of carboxylic acids is 1. The van der Waals surface area contributed by atoms with Crippen molar-refractivity contribution < 1.29 is 14.7 Å². The zero-order chi connectivity index (χ0) is 15.1. The molecule has 0 aliphatic carbocycles. The molecule has 5 nitrogen and oxygen atoms in total. The fourth-order valence-corrected chi connectivity index (χ4v) is 2.77. The lowest BCUT2D eigenvalue weighted by molar-refractivity contribution is -0.140. The maximum atomic E-state index is 12.4. The average molecular weight is 284 g/mol. The molecule has 1 aliphatic heterocycles. The van der Waals surface area contributed by atoms with Crippen molar-refractivity contribution in [1.82, 2.24) is 10.2 Å². The van der Waals surface area contributed by atoms with Crippen molar-refractivity contribution in [2.45, 2.75) is 71.4 Å². The van der Waals surface area contributed by atoms with Gasteiger partial charge in [0.2, 0.25) is 0 Å². The minimum absolute atomic E-state index is 0.0662. The van der Waals surface area contributed by atoms with Gasteiger partial charge in [0.1, 0.15) is 6.04 Å². The Morgan fingerprint density at radius 3 is 2.55 bits per heavy atom. The molecule has 0 aromatic carbocycles. The number of aliphatic carboxylic acids is 1. The van der Waals surface area contributed by atoms with Crippen LogP contribution in [-0.2, 0) is 4.79 Å². The molecule has 1 rings (SSSR count). The second-order valence-corrected chi connectivity index (χ2v) is 5.76. The number of carbonyl (C=O) groups excluding carboxylic acids is 1. The summed E-state index contributed by atoms with van der Waals surface area (Å²) in [6.07, 6.45) is 5.98. The summed E-state index contributed by atoms with van der Waals surface area (Å²) in [7, 11) is 0. The Hall–Kier alpha value is -1.26. The first-order valence-corrected chi connectivity index (χ1v) is 7.81. The number of hydrogen-bond donors (Lipinski definition) is 2. The maximum absolute atomic E-state index is 12.4. The summed E-state index contributed by atoms with van der Waals surface area (Å²) in [5.74, 6) is -1.01. The number of rotatable bonds is 5. The van der Waals surface area contributed by atoms with Crippen molar-refractivity contribution >= 4 is 12.0 Å². The van der Waals surface area contributed by atoms with Crippen LogP contribution < -0.4 is 5.32 Å². The third-order valence-electron chi connectivity index (χ3n) is 4.37. The Morgan fingerprint density at radius 2 is 2.00 bits per heavy atom. The molecule has 3 unspecified atom stereocenters. The third kappa shape index (κ3) is 4.39. The molecular weight excluding hydrogens is 256 g/mol. The van der Waals surface area contributed by atoms with Crippen LogP contribution >= 0.6 is 0 Å². The quantitative estimate of drug-likeness (QED) is 0.815. The van der Waals surface area contributed by atoms with E-state index in [4.69, 9.17) is 0 Å². The smallest absolute Gasteiger partial charge is 0.326 e. The molecule has 3 atom stereocenters. The minimum Gasteiger partial charge on any atom is -0.480 e. The van der Waals surface area contributed by atoms with Crippen molar-refractivity contribution in [3.63, 3.8) is 0 Å². The van der Waals surface area contributed by atoms with Crippen LogP contribution in [0.3, 0.4) is 0 Å². The molecule has 116 valence electrons. The zero-order valence-electron chi connectivity index (χ0n) is 12.9. The van der Waals surface area contributed by atoms with Gasteiger partial charge in [-0.05, 0) is 25.2 Å². The first kappa shape index (κ1) is 16.8. The predicted octanol–water partition coefficient (Wildman–Crippen LogP) is 2.85. The van der Waals surface area contributed by atoms with Gasteiger partial charge in [0.15, 0.2) is 0 Å². The fraction of sp³-hybridized carbons (Fsp3) is 0.867. The highest BCUT2D eigenvalue weighted by atomic mass is 16.4. The van der Waals surface area contributed by atoms with E-state index in [1.54, 1.807) is 0 Å². The van der Waals surface area contributed by atoms with Crippen LogP contribution in [0.15, 0.2) is 0 Å². The molecule has 0 spiro atoms. The van der Waals surface area contributed by atoms with Gasteiger partial charge in [-0.1, -0.05) is 40.0 Å². The molecule has 1 fully saturated rings. The second kappa shape index (κ2) is 8.12. The van der Waals surface area contributed by atoms with Gasteiger partial charge in [-0.25, -0.2) is 9.59 Å². The molecule has 20 heavy (non-hydrogen) atoms. The number of nitrogens with zero attached hydrogens (tertiary/aromatic N) is 1. The Morgan fingerprint density at radius 1 is 1.30 bits per heavy atom. The largest absolute Gasteiger partial charge is 0.480 e. The first-order chi connectivity index (χ1) is 9.51. The molecule has 1 aliphatic rings. The minimum atomic E-state index is -0.949. The molecule has 1 heterocycles. The van der Waals surface area contributed by atoms with Gasteiger partial charge in [-0.3, -0.25) is 0 Å². The number of carboxylic acid groups (broad SMARTS) is 1. The average Bonchev–Trinajstić information content (AvgIpc) is 2.68. The van der Waals surface area contributed by atoms with Crippen molar-refractivity contribution in [3.8, 4) is 0 Å². The van der Waals surface area contributed by atoms with E-state index in [-0.39, 0.29) is 18.0 Å². The maximum Gasteiger partial charge on any atom is 0.326 e. The van der Waals surface area contributed by atoms with E-state index in [2.05, 4.69) is 12.2 Å². The molecule has 0 radical (unpaired) electrons. The van der Waals surface area contributed by atoms with Crippen LogP contribution in [0.5, 0.6) is 0 Å². The molecule has 5 heteroatoms. The van der Waals surface area contributed by atoms with Gasteiger partial charge in [-0.2, -0.15) is 0 Å².